The number of nitrogens with zero attached hydrogens (tertiary/aromatic N) is 3. The molecular weight excluding hydrogens is 322 g/mol. The van der Waals surface area contributed by atoms with Crippen molar-refractivity contribution in [1.29, 1.82) is 0 Å². The Hall–Kier alpha value is -2.70. The number of benzene rings is 1. The van der Waals surface area contributed by atoms with E-state index in [1.807, 2.05) is 0 Å². The Morgan fingerprint density at radius 2 is 1.48 bits per heavy atom. The number of amides is 4. The molecule has 0 atom stereocenters. The number of fused-ring (bicyclic) bond motifs is 1. The Morgan fingerprint density at radius 1 is 0.920 bits per heavy atom. The van der Waals surface area contributed by atoms with Gasteiger partial charge in [-0.15, -0.1) is 0 Å². The van der Waals surface area contributed by atoms with Gasteiger partial charge in [-0.05, 0) is 18.6 Å². The Bertz CT molecular complexity index is 696. The van der Waals surface area contributed by atoms with Crippen molar-refractivity contribution >= 4 is 23.6 Å². The number of imide groups is 1. The van der Waals surface area contributed by atoms with Crippen LogP contribution in [0.5, 0.6) is 0 Å². The number of carbonyl (C=O) groups excluding carboxylic acids is 4. The first-order chi connectivity index (χ1) is 12.0. The highest BCUT2D eigenvalue weighted by Crippen LogP contribution is 2.22. The highest BCUT2D eigenvalue weighted by molar-refractivity contribution is 6.21. The molecule has 2 heterocycles. The van der Waals surface area contributed by atoms with E-state index in [-0.39, 0.29) is 36.6 Å². The van der Waals surface area contributed by atoms with Crippen molar-refractivity contribution in [3.8, 4) is 0 Å². The average molecular weight is 343 g/mol. The molecule has 0 unspecified atom stereocenters. The monoisotopic (exact) mass is 343 g/mol. The predicted octanol–water partition coefficient (Wildman–Crippen LogP) is 0.753. The first kappa shape index (κ1) is 17.1. The number of rotatable bonds is 3. The molecule has 7 heteroatoms. The topological polar surface area (TPSA) is 78.0 Å². The van der Waals surface area contributed by atoms with Crippen molar-refractivity contribution in [1.82, 2.24) is 14.7 Å². The van der Waals surface area contributed by atoms with Gasteiger partial charge < -0.3 is 9.80 Å². The molecule has 2 aliphatic heterocycles. The van der Waals surface area contributed by atoms with E-state index in [9.17, 15) is 19.2 Å². The zero-order chi connectivity index (χ0) is 18.0. The lowest BCUT2D eigenvalue weighted by Gasteiger charge is -2.22. The molecule has 3 rings (SSSR count). The number of carbonyl (C=O) groups is 4. The Labute approximate surface area is 146 Å². The van der Waals surface area contributed by atoms with Crippen molar-refractivity contribution in [2.75, 3.05) is 32.7 Å². The zero-order valence-electron chi connectivity index (χ0n) is 14.2. The molecule has 132 valence electrons. The van der Waals surface area contributed by atoms with Crippen molar-refractivity contribution < 1.29 is 19.2 Å². The lowest BCUT2D eigenvalue weighted by Crippen LogP contribution is -2.39. The molecule has 7 nitrogen and oxygen atoms in total. The van der Waals surface area contributed by atoms with Crippen molar-refractivity contribution in [3.05, 3.63) is 35.4 Å². The summed E-state index contributed by atoms with van der Waals surface area (Å²) in [4.78, 5) is 53.1. The Balaban J connectivity index is 1.57. The van der Waals surface area contributed by atoms with Crippen molar-refractivity contribution in [2.45, 2.75) is 19.8 Å². The summed E-state index contributed by atoms with van der Waals surface area (Å²) in [6.07, 6.45) is 0.837. The van der Waals surface area contributed by atoms with Crippen LogP contribution in [0.4, 0.5) is 0 Å². The normalized spacial score (nSPS) is 17.6. The molecule has 0 N–H and O–H groups in total. The van der Waals surface area contributed by atoms with E-state index in [1.165, 1.54) is 6.92 Å². The highest BCUT2D eigenvalue weighted by atomic mass is 16.2. The van der Waals surface area contributed by atoms with Crippen molar-refractivity contribution in [3.63, 3.8) is 0 Å². The third-order valence-electron chi connectivity index (χ3n) is 4.72. The minimum Gasteiger partial charge on any atom is -0.341 e. The van der Waals surface area contributed by atoms with Gasteiger partial charge in [-0.2, -0.15) is 0 Å². The lowest BCUT2D eigenvalue weighted by atomic mass is 10.1. The molecule has 1 fully saturated rings. The molecule has 0 radical (unpaired) electrons. The van der Waals surface area contributed by atoms with E-state index in [0.29, 0.717) is 37.3 Å². The van der Waals surface area contributed by atoms with E-state index in [1.54, 1.807) is 34.1 Å². The summed E-state index contributed by atoms with van der Waals surface area (Å²) < 4.78 is 0. The molecule has 0 saturated carbocycles. The van der Waals surface area contributed by atoms with Crippen LogP contribution in [0.2, 0.25) is 0 Å². The number of hydrogen-bond donors (Lipinski definition) is 0. The van der Waals surface area contributed by atoms with E-state index < -0.39 is 0 Å². The van der Waals surface area contributed by atoms with E-state index in [0.717, 1.165) is 11.3 Å². The second-order valence-corrected chi connectivity index (χ2v) is 6.30. The van der Waals surface area contributed by atoms with Gasteiger partial charge in [-0.3, -0.25) is 24.1 Å². The fourth-order valence-electron chi connectivity index (χ4n) is 3.29. The minimum atomic E-state index is -0.341. The maximum Gasteiger partial charge on any atom is 0.261 e. The van der Waals surface area contributed by atoms with Crippen molar-refractivity contribution in [2.24, 2.45) is 0 Å². The summed E-state index contributed by atoms with van der Waals surface area (Å²) >= 11 is 0. The zero-order valence-corrected chi connectivity index (χ0v) is 14.2. The summed E-state index contributed by atoms with van der Waals surface area (Å²) in [6.45, 7) is 3.86. The van der Waals surface area contributed by atoms with Gasteiger partial charge in [0.1, 0.15) is 0 Å². The third kappa shape index (κ3) is 3.40. The lowest BCUT2D eigenvalue weighted by molar-refractivity contribution is -0.132. The summed E-state index contributed by atoms with van der Waals surface area (Å²) in [5.41, 5.74) is 0.790. The molecule has 1 aromatic rings. The van der Waals surface area contributed by atoms with Crippen LogP contribution < -0.4 is 0 Å². The fraction of sp³-hybridized carbons (Fsp3) is 0.444. The van der Waals surface area contributed by atoms with Crippen LogP contribution in [0.15, 0.2) is 24.3 Å². The molecule has 0 aromatic heterocycles. The molecule has 1 saturated heterocycles. The molecule has 1 aromatic carbocycles. The number of hydrogen-bond acceptors (Lipinski definition) is 4. The summed E-state index contributed by atoms with van der Waals surface area (Å²) in [7, 11) is 0. The van der Waals surface area contributed by atoms with E-state index >= 15 is 0 Å². The van der Waals surface area contributed by atoms with Crippen LogP contribution in [0.1, 0.15) is 40.5 Å². The van der Waals surface area contributed by atoms with Gasteiger partial charge in [-0.25, -0.2) is 0 Å². The largest absolute Gasteiger partial charge is 0.341 e. The predicted molar refractivity (Wildman–Crippen MR) is 89.9 cm³/mol. The fourth-order valence-corrected chi connectivity index (χ4v) is 3.29. The Kier molecular flexibility index (Phi) is 4.83. The van der Waals surface area contributed by atoms with Crippen LogP contribution in [0.3, 0.4) is 0 Å². The molecule has 0 bridgehead atoms. The first-order valence-corrected chi connectivity index (χ1v) is 8.47. The maximum atomic E-state index is 12.4. The summed E-state index contributed by atoms with van der Waals surface area (Å²) in [5.74, 6) is -0.763. The summed E-state index contributed by atoms with van der Waals surface area (Å²) in [5, 5.41) is 0. The molecule has 0 aliphatic carbocycles. The van der Waals surface area contributed by atoms with Gasteiger partial charge in [0.15, 0.2) is 0 Å². The summed E-state index contributed by atoms with van der Waals surface area (Å²) in [6, 6.07) is 6.69. The van der Waals surface area contributed by atoms with Gasteiger partial charge in [0.05, 0.1) is 11.1 Å². The van der Waals surface area contributed by atoms with Gasteiger partial charge in [-0.1, -0.05) is 12.1 Å². The Morgan fingerprint density at radius 3 is 2.08 bits per heavy atom. The van der Waals surface area contributed by atoms with E-state index in [4.69, 9.17) is 0 Å². The van der Waals surface area contributed by atoms with Gasteiger partial charge in [0.2, 0.25) is 11.8 Å². The van der Waals surface area contributed by atoms with Gasteiger partial charge in [0.25, 0.3) is 11.8 Å². The minimum absolute atomic E-state index is 0.0142. The van der Waals surface area contributed by atoms with Crippen LogP contribution in [0, 0.1) is 0 Å². The molecule has 4 amide bonds. The molecule has 25 heavy (non-hydrogen) atoms. The van der Waals surface area contributed by atoms with Crippen LogP contribution >= 0.6 is 0 Å². The molecule has 2 aliphatic rings. The third-order valence-corrected chi connectivity index (χ3v) is 4.72. The second kappa shape index (κ2) is 7.04. The van der Waals surface area contributed by atoms with Crippen LogP contribution in [-0.2, 0) is 9.59 Å². The first-order valence-electron chi connectivity index (χ1n) is 8.47. The standard InChI is InChI=1S/C18H21N3O4/c1-13(22)19-8-4-9-20(12-11-19)16(23)7-10-21-17(24)14-5-2-3-6-15(14)18(21)25/h2-3,5-6H,4,7-12H2,1H3. The SMILES string of the molecule is CC(=O)N1CCCN(C(=O)CCN2C(=O)c3ccccc3C2=O)CC1. The molecular formula is C18H21N3O4. The second-order valence-electron chi connectivity index (χ2n) is 6.30. The van der Waals surface area contributed by atoms with Gasteiger partial charge >= 0.3 is 0 Å². The van der Waals surface area contributed by atoms with E-state index in [2.05, 4.69) is 0 Å². The van der Waals surface area contributed by atoms with Crippen LogP contribution in [0.25, 0.3) is 0 Å². The quantitative estimate of drug-likeness (QED) is 0.759. The maximum absolute atomic E-state index is 12.4. The molecule has 0 spiro atoms. The smallest absolute Gasteiger partial charge is 0.261 e. The van der Waals surface area contributed by atoms with Crippen LogP contribution in [-0.4, -0.2) is 71.1 Å². The van der Waals surface area contributed by atoms with Gasteiger partial charge in [0, 0.05) is 46.1 Å². The average Bonchev–Trinajstić information content (AvgIpc) is 2.78. The highest BCUT2D eigenvalue weighted by Gasteiger charge is 2.35.